The van der Waals surface area contributed by atoms with Crippen LogP contribution in [0.5, 0.6) is 0 Å². The van der Waals surface area contributed by atoms with Gasteiger partial charge in [-0.15, -0.1) is 0 Å². The summed E-state index contributed by atoms with van der Waals surface area (Å²) < 4.78 is 4.49. The van der Waals surface area contributed by atoms with Crippen molar-refractivity contribution in [3.05, 3.63) is 12.5 Å². The lowest BCUT2D eigenvalue weighted by Crippen LogP contribution is -2.25. The molecular weight excluding hydrogens is 106 g/mol. The highest BCUT2D eigenvalue weighted by atomic mass is 16.5. The Morgan fingerprint density at radius 2 is 2.62 bits per heavy atom. The van der Waals surface area contributed by atoms with Crippen LogP contribution in [0.4, 0.5) is 0 Å². The van der Waals surface area contributed by atoms with E-state index in [0.717, 1.165) is 0 Å². The first-order chi connectivity index (χ1) is 3.79. The zero-order chi connectivity index (χ0) is 5.98. The summed E-state index contributed by atoms with van der Waals surface area (Å²) in [6.07, 6.45) is 3.09. The first-order valence-electron chi connectivity index (χ1n) is 2.35. The molecule has 0 saturated carbocycles. The molecule has 0 N–H and O–H groups in total. The minimum absolute atomic E-state index is 0.199. The molecule has 8 heavy (non-hydrogen) atoms. The lowest BCUT2D eigenvalue weighted by molar-refractivity contribution is -0.139. The molecule has 0 aromatic carbocycles. The summed E-state index contributed by atoms with van der Waals surface area (Å²) in [5, 5.41) is 0. The van der Waals surface area contributed by atoms with Crippen molar-refractivity contribution < 1.29 is 9.53 Å². The Hall–Kier alpha value is -0.990. The van der Waals surface area contributed by atoms with E-state index in [1.807, 2.05) is 7.05 Å². The average molecular weight is 113 g/mol. The van der Waals surface area contributed by atoms with E-state index in [4.69, 9.17) is 0 Å². The molecule has 3 nitrogen and oxygen atoms in total. The zero-order valence-electron chi connectivity index (χ0n) is 4.63. The minimum Gasteiger partial charge on any atom is -0.432 e. The fourth-order valence-corrected chi connectivity index (χ4v) is 0.504. The van der Waals surface area contributed by atoms with Crippen molar-refractivity contribution in [2.75, 3.05) is 13.6 Å². The van der Waals surface area contributed by atoms with Gasteiger partial charge in [0, 0.05) is 13.2 Å². The maximum absolute atomic E-state index is 10.4. The molecule has 0 aliphatic carbocycles. The van der Waals surface area contributed by atoms with Crippen LogP contribution in [-0.4, -0.2) is 24.5 Å². The van der Waals surface area contributed by atoms with E-state index < -0.39 is 0 Å². The van der Waals surface area contributed by atoms with Crippen molar-refractivity contribution in [3.63, 3.8) is 0 Å². The second-order valence-corrected chi connectivity index (χ2v) is 1.69. The normalized spacial score (nSPS) is 18.6. The summed E-state index contributed by atoms with van der Waals surface area (Å²) in [7, 11) is 1.82. The lowest BCUT2D eigenvalue weighted by Gasteiger charge is -2.15. The monoisotopic (exact) mass is 113 g/mol. The van der Waals surface area contributed by atoms with Crippen LogP contribution in [-0.2, 0) is 9.53 Å². The van der Waals surface area contributed by atoms with Crippen molar-refractivity contribution in [1.29, 1.82) is 0 Å². The van der Waals surface area contributed by atoms with Gasteiger partial charge in [0.25, 0.3) is 0 Å². The Kier molecular flexibility index (Phi) is 1.20. The molecule has 0 unspecified atom stereocenters. The fraction of sp³-hybridized carbons (Fsp3) is 0.400. The Balaban J connectivity index is 2.54. The molecule has 1 aliphatic heterocycles. The maximum Gasteiger partial charge on any atom is 0.330 e. The Morgan fingerprint density at radius 3 is 3.00 bits per heavy atom. The van der Waals surface area contributed by atoms with Crippen LogP contribution in [0.15, 0.2) is 12.5 Å². The molecule has 1 heterocycles. The summed E-state index contributed by atoms with van der Waals surface area (Å²) in [5.41, 5.74) is 0. The third-order valence-electron chi connectivity index (χ3n) is 0.893. The summed E-state index contributed by atoms with van der Waals surface area (Å²) >= 11 is 0. The lowest BCUT2D eigenvalue weighted by atomic mass is 10.5. The largest absolute Gasteiger partial charge is 0.432 e. The van der Waals surface area contributed by atoms with E-state index >= 15 is 0 Å². The topological polar surface area (TPSA) is 29.5 Å². The van der Waals surface area contributed by atoms with E-state index in [9.17, 15) is 4.79 Å². The van der Waals surface area contributed by atoms with Crippen molar-refractivity contribution in [2.24, 2.45) is 0 Å². The van der Waals surface area contributed by atoms with E-state index in [2.05, 4.69) is 4.74 Å². The molecule has 0 aromatic rings. The molecule has 1 rings (SSSR count). The highest BCUT2D eigenvalue weighted by molar-refractivity contribution is 5.73. The van der Waals surface area contributed by atoms with Crippen LogP contribution in [0, 0.1) is 0 Å². The predicted octanol–water partition coefficient (Wildman–Crippen LogP) is -0.0538. The quantitative estimate of drug-likeness (QED) is 0.412. The van der Waals surface area contributed by atoms with E-state index in [1.165, 1.54) is 6.26 Å². The van der Waals surface area contributed by atoms with Crippen molar-refractivity contribution >= 4 is 5.97 Å². The van der Waals surface area contributed by atoms with Gasteiger partial charge in [-0.25, -0.2) is 4.79 Å². The van der Waals surface area contributed by atoms with Gasteiger partial charge >= 0.3 is 5.97 Å². The molecule has 0 fully saturated rings. The van der Waals surface area contributed by atoms with E-state index in [0.29, 0.717) is 6.54 Å². The van der Waals surface area contributed by atoms with Crippen LogP contribution >= 0.6 is 0 Å². The Morgan fingerprint density at radius 1 is 1.88 bits per heavy atom. The standard InChI is InChI=1S/C5H7NO2/c1-6-2-3-8-5(7)4-6/h2-3H,4H2,1H3. The van der Waals surface area contributed by atoms with Crippen molar-refractivity contribution in [1.82, 2.24) is 4.90 Å². The van der Waals surface area contributed by atoms with Gasteiger partial charge in [0.05, 0.1) is 0 Å². The van der Waals surface area contributed by atoms with E-state index in [1.54, 1.807) is 11.1 Å². The third kappa shape index (κ3) is 0.992. The average Bonchev–Trinajstić information content (AvgIpc) is 1.64. The Bertz CT molecular complexity index is 130. The van der Waals surface area contributed by atoms with Gasteiger partial charge in [0.1, 0.15) is 12.8 Å². The van der Waals surface area contributed by atoms with Crippen LogP contribution in [0.25, 0.3) is 0 Å². The number of likely N-dealkylation sites (N-methyl/N-ethyl adjacent to an activating group) is 1. The molecule has 0 radical (unpaired) electrons. The number of nitrogens with zero attached hydrogens (tertiary/aromatic N) is 1. The smallest absolute Gasteiger partial charge is 0.330 e. The number of hydrogen-bond acceptors (Lipinski definition) is 3. The van der Waals surface area contributed by atoms with Gasteiger partial charge < -0.3 is 9.64 Å². The number of carbonyl (C=O) groups excluding carboxylic acids is 1. The third-order valence-corrected chi connectivity index (χ3v) is 0.893. The predicted molar refractivity (Wildman–Crippen MR) is 27.9 cm³/mol. The summed E-state index contributed by atoms with van der Waals surface area (Å²) in [4.78, 5) is 12.1. The second kappa shape index (κ2) is 1.86. The molecule has 0 saturated heterocycles. The molecule has 1 aliphatic rings. The maximum atomic E-state index is 10.4. The first kappa shape index (κ1) is 5.15. The van der Waals surface area contributed by atoms with Gasteiger partial charge in [-0.2, -0.15) is 0 Å². The van der Waals surface area contributed by atoms with Crippen molar-refractivity contribution in [2.45, 2.75) is 0 Å². The number of esters is 1. The molecule has 0 bridgehead atoms. The minimum atomic E-state index is -0.199. The van der Waals surface area contributed by atoms with Gasteiger partial charge in [-0.3, -0.25) is 0 Å². The van der Waals surface area contributed by atoms with Gasteiger partial charge in [0.2, 0.25) is 0 Å². The summed E-state index contributed by atoms with van der Waals surface area (Å²) in [6, 6.07) is 0. The highest BCUT2D eigenvalue weighted by Gasteiger charge is 2.06. The highest BCUT2D eigenvalue weighted by Crippen LogP contribution is 1.94. The second-order valence-electron chi connectivity index (χ2n) is 1.69. The van der Waals surface area contributed by atoms with Crippen LogP contribution in [0.2, 0.25) is 0 Å². The first-order valence-corrected chi connectivity index (χ1v) is 2.35. The fourth-order valence-electron chi connectivity index (χ4n) is 0.504. The number of rotatable bonds is 0. The van der Waals surface area contributed by atoms with Gasteiger partial charge in [-0.1, -0.05) is 0 Å². The van der Waals surface area contributed by atoms with Crippen LogP contribution in [0.1, 0.15) is 0 Å². The molecule has 0 atom stereocenters. The SMILES string of the molecule is CN1C=COC(=O)C1. The van der Waals surface area contributed by atoms with Gasteiger partial charge in [-0.05, 0) is 0 Å². The van der Waals surface area contributed by atoms with Crippen LogP contribution in [0.3, 0.4) is 0 Å². The van der Waals surface area contributed by atoms with Crippen LogP contribution < -0.4 is 0 Å². The van der Waals surface area contributed by atoms with E-state index in [-0.39, 0.29) is 5.97 Å². The Labute approximate surface area is 47.5 Å². The molecule has 0 aromatic heterocycles. The number of cyclic esters (lactones) is 1. The summed E-state index contributed by atoms with van der Waals surface area (Å²) in [5.74, 6) is -0.199. The zero-order valence-corrected chi connectivity index (χ0v) is 4.63. The molecular formula is C5H7NO2. The number of carbonyl (C=O) groups is 1. The van der Waals surface area contributed by atoms with Gasteiger partial charge in [0.15, 0.2) is 0 Å². The number of ether oxygens (including phenoxy) is 1. The molecule has 0 amide bonds. The van der Waals surface area contributed by atoms with Crippen molar-refractivity contribution in [3.8, 4) is 0 Å². The molecule has 3 heteroatoms. The molecule has 44 valence electrons. The molecule has 0 spiro atoms. The summed E-state index contributed by atoms with van der Waals surface area (Å²) in [6.45, 7) is 0.358. The number of hydrogen-bond donors (Lipinski definition) is 0.